The maximum Gasteiger partial charge on any atom is 0.230 e. The highest BCUT2D eigenvalue weighted by atomic mass is 16.3. The molecule has 0 heterocycles. The average Bonchev–Trinajstić information content (AvgIpc) is 2.91. The first kappa shape index (κ1) is 28.7. The van der Waals surface area contributed by atoms with Gasteiger partial charge in [-0.3, -0.25) is 19.2 Å². The summed E-state index contributed by atoms with van der Waals surface area (Å²) in [4.78, 5) is 53.0. The topological polar surface area (TPSA) is 178 Å². The van der Waals surface area contributed by atoms with Crippen LogP contribution in [0.3, 0.4) is 0 Å². The van der Waals surface area contributed by atoms with Gasteiger partial charge in [0.25, 0.3) is 0 Å². The lowest BCUT2D eigenvalue weighted by molar-refractivity contribution is -0.184. The van der Waals surface area contributed by atoms with Crippen LogP contribution < -0.4 is 5.73 Å². The van der Waals surface area contributed by atoms with Gasteiger partial charge in [0.15, 0.2) is 11.4 Å². The average molecular weight is 563 g/mol. The summed E-state index contributed by atoms with van der Waals surface area (Å²) >= 11 is 0. The minimum absolute atomic E-state index is 0.0355. The number of hydrogen-bond acceptors (Lipinski definition) is 9. The van der Waals surface area contributed by atoms with Crippen LogP contribution in [0.4, 0.5) is 0 Å². The maximum atomic E-state index is 14.0. The number of nitrogens with two attached hydrogens (primary N) is 1. The van der Waals surface area contributed by atoms with Crippen molar-refractivity contribution in [1.82, 2.24) is 4.90 Å². The highest BCUT2D eigenvalue weighted by Crippen LogP contribution is 2.53. The monoisotopic (exact) mass is 562 g/mol. The first-order chi connectivity index (χ1) is 19.3. The van der Waals surface area contributed by atoms with Crippen molar-refractivity contribution in [2.24, 2.45) is 23.5 Å². The Kier molecular flexibility index (Phi) is 7.13. The molecule has 0 aromatic heterocycles. The quantitative estimate of drug-likeness (QED) is 0.325. The second-order valence-corrected chi connectivity index (χ2v) is 11.5. The zero-order chi connectivity index (χ0) is 30.0. The van der Waals surface area contributed by atoms with E-state index in [9.17, 15) is 39.6 Å². The largest absolute Gasteiger partial charge is 0.507 e. The Morgan fingerprint density at radius 3 is 2.32 bits per heavy atom. The van der Waals surface area contributed by atoms with Crippen molar-refractivity contribution in [2.75, 3.05) is 14.1 Å². The fraction of sp³-hybridized carbons (Fsp3) is 0.419. The van der Waals surface area contributed by atoms with Crippen LogP contribution in [0.1, 0.15) is 36.5 Å². The van der Waals surface area contributed by atoms with Gasteiger partial charge in [-0.15, -0.1) is 0 Å². The molecule has 6 atom stereocenters. The van der Waals surface area contributed by atoms with E-state index < -0.39 is 58.7 Å². The Balaban J connectivity index is 1.63. The third-order valence-corrected chi connectivity index (χ3v) is 9.03. The van der Waals surface area contributed by atoms with Crippen molar-refractivity contribution in [1.29, 1.82) is 0 Å². The lowest BCUT2D eigenvalue weighted by Crippen LogP contribution is -2.73. The standard InChI is InChI=1S/C31H34N2O8/c1-4-17(34)11-14-5-7-15(8-6-14)18-9-10-21(35)23-19(18)12-16-13-20-25(33(2)3)27(37)24(30(32)40)29(39)31(20,41)28(38)22(16)26(23)36/h5-10,16,20,24-25,27,35-37,41H,4,11-13H2,1-3H3,(H2,32,40)/t16-,20-,24?,25-,27?,31-/m1/s1. The Morgan fingerprint density at radius 2 is 1.73 bits per heavy atom. The molecule has 216 valence electrons. The second kappa shape index (κ2) is 10.2. The molecule has 0 spiro atoms. The number of aliphatic hydroxyl groups is 3. The molecule has 6 N–H and O–H groups in total. The summed E-state index contributed by atoms with van der Waals surface area (Å²) in [7, 11) is 3.22. The number of carbonyl (C=O) groups is 4. The Labute approximate surface area is 237 Å². The van der Waals surface area contributed by atoms with Crippen molar-refractivity contribution in [2.45, 2.75) is 50.4 Å². The molecule has 5 rings (SSSR count). The Hall–Kier alpha value is -3.86. The van der Waals surface area contributed by atoms with Gasteiger partial charge < -0.3 is 31.1 Å². The zero-order valence-corrected chi connectivity index (χ0v) is 23.1. The number of aliphatic hydroxyl groups excluding tert-OH is 2. The van der Waals surface area contributed by atoms with Gasteiger partial charge in [-0.1, -0.05) is 37.3 Å². The summed E-state index contributed by atoms with van der Waals surface area (Å²) in [5.41, 5.74) is 5.51. The van der Waals surface area contributed by atoms with Crippen LogP contribution in [0.25, 0.3) is 16.9 Å². The zero-order valence-electron chi connectivity index (χ0n) is 23.1. The number of phenolic OH excluding ortho intramolecular Hbond substituents is 1. The van der Waals surface area contributed by atoms with Gasteiger partial charge in [-0.05, 0) is 61.2 Å². The molecule has 10 nitrogen and oxygen atoms in total. The number of aromatic hydroxyl groups is 1. The van der Waals surface area contributed by atoms with E-state index in [2.05, 4.69) is 0 Å². The van der Waals surface area contributed by atoms with E-state index in [4.69, 9.17) is 5.73 Å². The van der Waals surface area contributed by atoms with E-state index in [1.807, 2.05) is 31.2 Å². The van der Waals surface area contributed by atoms with Gasteiger partial charge in [0.1, 0.15) is 23.2 Å². The van der Waals surface area contributed by atoms with Crippen LogP contribution in [0, 0.1) is 17.8 Å². The molecule has 2 aromatic rings. The number of nitrogens with zero attached hydrogens (tertiary/aromatic N) is 1. The summed E-state index contributed by atoms with van der Waals surface area (Å²) < 4.78 is 0. The molecule has 0 saturated heterocycles. The predicted octanol–water partition coefficient (Wildman–Crippen LogP) is 1.32. The summed E-state index contributed by atoms with van der Waals surface area (Å²) in [6.07, 6.45) is -0.527. The van der Waals surface area contributed by atoms with Gasteiger partial charge in [0.05, 0.1) is 11.7 Å². The van der Waals surface area contributed by atoms with Crippen molar-refractivity contribution >= 4 is 29.0 Å². The molecule has 2 aromatic carbocycles. The third kappa shape index (κ3) is 4.29. The predicted molar refractivity (Wildman–Crippen MR) is 149 cm³/mol. The van der Waals surface area contributed by atoms with Crippen LogP contribution >= 0.6 is 0 Å². The van der Waals surface area contributed by atoms with Crippen molar-refractivity contribution in [3.63, 3.8) is 0 Å². The molecular formula is C31H34N2O8. The van der Waals surface area contributed by atoms with E-state index in [-0.39, 0.29) is 35.5 Å². The van der Waals surface area contributed by atoms with E-state index in [1.165, 1.54) is 6.07 Å². The van der Waals surface area contributed by atoms with Crippen molar-refractivity contribution < 1.29 is 39.6 Å². The first-order valence-electron chi connectivity index (χ1n) is 13.7. The van der Waals surface area contributed by atoms with Crippen LogP contribution in [0.5, 0.6) is 5.75 Å². The molecule has 41 heavy (non-hydrogen) atoms. The highest BCUT2D eigenvalue weighted by molar-refractivity contribution is 6.25. The summed E-state index contributed by atoms with van der Waals surface area (Å²) in [5, 5.41) is 44.9. The second-order valence-electron chi connectivity index (χ2n) is 11.5. The lowest BCUT2D eigenvalue weighted by Gasteiger charge is -2.53. The number of likely N-dealkylation sites (N-methyl/N-ethyl adjacent to an activating group) is 1. The Bertz CT molecular complexity index is 1490. The molecule has 2 unspecified atom stereocenters. The van der Waals surface area contributed by atoms with Gasteiger partial charge in [-0.25, -0.2) is 0 Å². The molecule has 1 amide bonds. The maximum absolute atomic E-state index is 14.0. The van der Waals surface area contributed by atoms with E-state index in [0.29, 0.717) is 24.0 Å². The van der Waals surface area contributed by atoms with E-state index >= 15 is 0 Å². The number of amides is 1. The molecule has 2 fully saturated rings. The van der Waals surface area contributed by atoms with Crippen LogP contribution in [0.2, 0.25) is 0 Å². The van der Waals surface area contributed by atoms with Gasteiger partial charge >= 0.3 is 0 Å². The molecule has 10 heteroatoms. The smallest absolute Gasteiger partial charge is 0.230 e. The first-order valence-corrected chi connectivity index (χ1v) is 13.7. The fourth-order valence-corrected chi connectivity index (χ4v) is 7.03. The number of phenols is 1. The number of benzene rings is 2. The highest BCUT2D eigenvalue weighted by Gasteiger charge is 2.67. The molecule has 0 radical (unpaired) electrons. The number of carbonyl (C=O) groups excluding carboxylic acids is 4. The minimum Gasteiger partial charge on any atom is -0.507 e. The number of rotatable bonds is 6. The normalized spacial score (nSPS) is 29.2. The van der Waals surface area contributed by atoms with Gasteiger partial charge in [0, 0.05) is 30.4 Å². The molecule has 2 saturated carbocycles. The molecule has 0 aliphatic heterocycles. The molecule has 0 bridgehead atoms. The molecular weight excluding hydrogens is 528 g/mol. The van der Waals surface area contributed by atoms with Crippen LogP contribution in [-0.4, -0.2) is 80.4 Å². The molecule has 3 aliphatic rings. The third-order valence-electron chi connectivity index (χ3n) is 9.03. The number of hydrogen-bond donors (Lipinski definition) is 5. The fourth-order valence-electron chi connectivity index (χ4n) is 7.03. The van der Waals surface area contributed by atoms with Crippen LogP contribution in [-0.2, 0) is 32.0 Å². The van der Waals surface area contributed by atoms with E-state index in [1.54, 1.807) is 25.1 Å². The minimum atomic E-state index is -2.69. The summed E-state index contributed by atoms with van der Waals surface area (Å²) in [6.45, 7) is 1.81. The van der Waals surface area contributed by atoms with Gasteiger partial charge in [-0.2, -0.15) is 0 Å². The van der Waals surface area contributed by atoms with Crippen LogP contribution in [0.15, 0.2) is 42.0 Å². The van der Waals surface area contributed by atoms with E-state index in [0.717, 1.165) is 11.1 Å². The van der Waals surface area contributed by atoms with Crippen molar-refractivity contribution in [3.05, 3.63) is 58.7 Å². The van der Waals surface area contributed by atoms with Crippen molar-refractivity contribution in [3.8, 4) is 16.9 Å². The lowest BCUT2D eigenvalue weighted by atomic mass is 9.54. The number of Topliss-reactive ketones (excluding diaryl/α,β-unsaturated/α-hetero) is 3. The SMILES string of the molecule is CCC(=O)Cc1ccc(-c2ccc(O)c3c2C[C@@H]2C[C@@H]4[C@@H](N(C)C)C(O)C(C(N)=O)C(=O)[C@]4(O)C(=O)C2=C3O)cc1. The molecule has 3 aliphatic carbocycles. The summed E-state index contributed by atoms with van der Waals surface area (Å²) in [6, 6.07) is 9.57. The Morgan fingerprint density at radius 1 is 1.07 bits per heavy atom. The number of fused-ring (bicyclic) bond motifs is 3. The number of ketones is 3. The number of primary amides is 1. The summed E-state index contributed by atoms with van der Waals surface area (Å²) in [5.74, 6) is -7.61. The van der Waals surface area contributed by atoms with Gasteiger partial charge in [0.2, 0.25) is 11.7 Å².